The van der Waals surface area contributed by atoms with Gasteiger partial charge in [0.1, 0.15) is 0 Å². The molecule has 1 N–H and O–H groups in total. The van der Waals surface area contributed by atoms with Gasteiger partial charge in [-0.05, 0) is 11.3 Å². The Kier molecular flexibility index (Phi) is 5.45. The third-order valence-corrected chi connectivity index (χ3v) is 3.02. The van der Waals surface area contributed by atoms with Gasteiger partial charge in [-0.3, -0.25) is 4.90 Å². The Hall–Kier alpha value is -0.770. The third-order valence-electron chi connectivity index (χ3n) is 3.02. The van der Waals surface area contributed by atoms with E-state index in [0.717, 1.165) is 39.3 Å². The molecule has 0 aliphatic carbocycles. The predicted octanol–water partition coefficient (Wildman–Crippen LogP) is 2.02. The van der Waals surface area contributed by atoms with Crippen molar-refractivity contribution in [3.8, 4) is 0 Å². The van der Waals surface area contributed by atoms with Crippen molar-refractivity contribution in [3.63, 3.8) is 0 Å². The van der Waals surface area contributed by atoms with E-state index in [1.807, 2.05) is 4.90 Å². The Bertz CT molecular complexity index is 263. The van der Waals surface area contributed by atoms with Crippen LogP contribution in [0.5, 0.6) is 0 Å². The van der Waals surface area contributed by atoms with Crippen LogP contribution in [0.25, 0.3) is 0 Å². The van der Waals surface area contributed by atoms with Crippen molar-refractivity contribution in [2.75, 3.05) is 39.3 Å². The van der Waals surface area contributed by atoms with Crippen LogP contribution in [-0.2, 0) is 0 Å². The lowest BCUT2D eigenvalue weighted by Gasteiger charge is -2.37. The summed E-state index contributed by atoms with van der Waals surface area (Å²) >= 11 is 0. The van der Waals surface area contributed by atoms with E-state index in [1.165, 1.54) is 0 Å². The summed E-state index contributed by atoms with van der Waals surface area (Å²) in [4.78, 5) is 16.3. The molecule has 106 valence electrons. The zero-order chi connectivity index (χ0) is 13.8. The lowest BCUT2D eigenvalue weighted by molar-refractivity contribution is 0.113. The molecule has 1 fully saturated rings. The fraction of sp³-hybridized carbons (Fsp3) is 0.929. The summed E-state index contributed by atoms with van der Waals surface area (Å²) in [5, 5.41) is 2.98. The smallest absolute Gasteiger partial charge is 0.317 e. The van der Waals surface area contributed by atoms with Crippen LogP contribution < -0.4 is 5.32 Å². The Morgan fingerprint density at radius 2 is 1.72 bits per heavy atom. The maximum Gasteiger partial charge on any atom is 0.317 e. The van der Waals surface area contributed by atoms with Gasteiger partial charge < -0.3 is 10.2 Å². The van der Waals surface area contributed by atoms with Gasteiger partial charge in [0.05, 0.1) is 0 Å². The first-order valence-electron chi connectivity index (χ1n) is 7.03. The normalized spacial score (nSPS) is 18.2. The SMILES string of the molecule is CC(C)CNC(=O)N1CCN(CC(C)(C)C)CC1. The van der Waals surface area contributed by atoms with Gasteiger partial charge >= 0.3 is 6.03 Å². The Labute approximate surface area is 112 Å². The first-order chi connectivity index (χ1) is 8.28. The number of hydrogen-bond donors (Lipinski definition) is 1. The second-order valence-corrected chi connectivity index (χ2v) is 6.90. The molecule has 0 atom stereocenters. The lowest BCUT2D eigenvalue weighted by Crippen LogP contribution is -2.53. The molecule has 4 nitrogen and oxygen atoms in total. The molecular formula is C14H29N3O. The fourth-order valence-electron chi connectivity index (χ4n) is 2.18. The van der Waals surface area contributed by atoms with E-state index in [0.29, 0.717) is 11.3 Å². The van der Waals surface area contributed by atoms with E-state index >= 15 is 0 Å². The number of piperazine rings is 1. The average molecular weight is 255 g/mol. The van der Waals surface area contributed by atoms with Crippen molar-refractivity contribution in [3.05, 3.63) is 0 Å². The molecule has 0 unspecified atom stereocenters. The van der Waals surface area contributed by atoms with Crippen molar-refractivity contribution in [2.45, 2.75) is 34.6 Å². The summed E-state index contributed by atoms with van der Waals surface area (Å²) in [7, 11) is 0. The van der Waals surface area contributed by atoms with Gasteiger partial charge in [-0.2, -0.15) is 0 Å². The Morgan fingerprint density at radius 1 is 1.17 bits per heavy atom. The molecule has 0 radical (unpaired) electrons. The second kappa shape index (κ2) is 6.41. The number of amides is 2. The first-order valence-corrected chi connectivity index (χ1v) is 7.03. The van der Waals surface area contributed by atoms with Gasteiger partial charge in [-0.25, -0.2) is 4.79 Å². The molecule has 2 amide bonds. The largest absolute Gasteiger partial charge is 0.338 e. The zero-order valence-electron chi connectivity index (χ0n) is 12.6. The second-order valence-electron chi connectivity index (χ2n) is 6.90. The van der Waals surface area contributed by atoms with E-state index in [1.54, 1.807) is 0 Å². The Balaban J connectivity index is 2.28. The van der Waals surface area contributed by atoms with Gasteiger partial charge in [0.25, 0.3) is 0 Å². The van der Waals surface area contributed by atoms with E-state index in [2.05, 4.69) is 44.8 Å². The summed E-state index contributed by atoms with van der Waals surface area (Å²) in [5.41, 5.74) is 0.335. The number of urea groups is 1. The molecule has 1 heterocycles. The summed E-state index contributed by atoms with van der Waals surface area (Å²) < 4.78 is 0. The van der Waals surface area contributed by atoms with E-state index < -0.39 is 0 Å². The highest BCUT2D eigenvalue weighted by Crippen LogP contribution is 2.16. The highest BCUT2D eigenvalue weighted by molar-refractivity contribution is 5.74. The van der Waals surface area contributed by atoms with Crippen LogP contribution in [-0.4, -0.2) is 55.1 Å². The molecule has 0 aromatic heterocycles. The summed E-state index contributed by atoms with van der Waals surface area (Å²) in [6.45, 7) is 16.6. The van der Waals surface area contributed by atoms with Crippen molar-refractivity contribution < 1.29 is 4.79 Å². The number of nitrogens with zero attached hydrogens (tertiary/aromatic N) is 2. The van der Waals surface area contributed by atoms with Gasteiger partial charge in [-0.15, -0.1) is 0 Å². The van der Waals surface area contributed by atoms with Crippen LogP contribution in [0.4, 0.5) is 4.79 Å². The molecular weight excluding hydrogens is 226 g/mol. The standard InChI is InChI=1S/C14H29N3O/c1-12(2)10-15-13(18)17-8-6-16(7-9-17)11-14(3,4)5/h12H,6-11H2,1-5H3,(H,15,18). The number of rotatable bonds is 3. The van der Waals surface area contributed by atoms with Gasteiger partial charge in [0.2, 0.25) is 0 Å². The molecule has 0 aromatic rings. The minimum atomic E-state index is 0.0964. The van der Waals surface area contributed by atoms with Crippen LogP contribution in [0, 0.1) is 11.3 Å². The molecule has 0 spiro atoms. The molecule has 1 aliphatic rings. The zero-order valence-corrected chi connectivity index (χ0v) is 12.6. The van der Waals surface area contributed by atoms with E-state index in [-0.39, 0.29) is 6.03 Å². The van der Waals surface area contributed by atoms with Gasteiger partial charge in [0, 0.05) is 39.3 Å². The van der Waals surface area contributed by atoms with Gasteiger partial charge in [0.15, 0.2) is 0 Å². The summed E-state index contributed by atoms with van der Waals surface area (Å²) in [6.07, 6.45) is 0. The average Bonchev–Trinajstić information content (AvgIpc) is 2.24. The highest BCUT2D eigenvalue weighted by Gasteiger charge is 2.23. The summed E-state index contributed by atoms with van der Waals surface area (Å²) in [5.74, 6) is 0.510. The quantitative estimate of drug-likeness (QED) is 0.837. The number of carbonyl (C=O) groups is 1. The van der Waals surface area contributed by atoms with Crippen molar-refractivity contribution in [2.24, 2.45) is 11.3 Å². The van der Waals surface area contributed by atoms with Crippen LogP contribution in [0.15, 0.2) is 0 Å². The maximum atomic E-state index is 11.9. The minimum Gasteiger partial charge on any atom is -0.338 e. The first kappa shape index (κ1) is 15.3. The topological polar surface area (TPSA) is 35.6 Å². The molecule has 4 heteroatoms. The van der Waals surface area contributed by atoms with Crippen molar-refractivity contribution in [1.82, 2.24) is 15.1 Å². The predicted molar refractivity (Wildman–Crippen MR) is 75.7 cm³/mol. The summed E-state index contributed by atoms with van der Waals surface area (Å²) in [6, 6.07) is 0.0964. The monoisotopic (exact) mass is 255 g/mol. The highest BCUT2D eigenvalue weighted by atomic mass is 16.2. The van der Waals surface area contributed by atoms with E-state index in [4.69, 9.17) is 0 Å². The Morgan fingerprint density at radius 3 is 2.17 bits per heavy atom. The lowest BCUT2D eigenvalue weighted by atomic mass is 9.96. The molecule has 1 saturated heterocycles. The number of nitrogens with one attached hydrogen (secondary N) is 1. The maximum absolute atomic E-state index is 11.9. The molecule has 1 aliphatic heterocycles. The minimum absolute atomic E-state index is 0.0964. The van der Waals surface area contributed by atoms with Crippen LogP contribution in [0.3, 0.4) is 0 Å². The van der Waals surface area contributed by atoms with Crippen LogP contribution in [0.2, 0.25) is 0 Å². The van der Waals surface area contributed by atoms with Gasteiger partial charge in [-0.1, -0.05) is 34.6 Å². The molecule has 0 bridgehead atoms. The molecule has 0 aromatic carbocycles. The van der Waals surface area contributed by atoms with Crippen molar-refractivity contribution >= 4 is 6.03 Å². The molecule has 18 heavy (non-hydrogen) atoms. The van der Waals surface area contributed by atoms with Crippen molar-refractivity contribution in [1.29, 1.82) is 0 Å². The fourth-order valence-corrected chi connectivity index (χ4v) is 2.18. The number of hydrogen-bond acceptors (Lipinski definition) is 2. The molecule has 1 rings (SSSR count). The third kappa shape index (κ3) is 5.71. The van der Waals surface area contributed by atoms with E-state index in [9.17, 15) is 4.79 Å². The van der Waals surface area contributed by atoms with Crippen LogP contribution >= 0.6 is 0 Å². The molecule has 0 saturated carbocycles. The van der Waals surface area contributed by atoms with Crippen LogP contribution in [0.1, 0.15) is 34.6 Å². The number of carbonyl (C=O) groups excluding carboxylic acids is 1.